The van der Waals surface area contributed by atoms with E-state index in [1.54, 1.807) is 22.9 Å². The minimum absolute atomic E-state index is 0.117. The summed E-state index contributed by atoms with van der Waals surface area (Å²) in [5, 5.41) is 10.5. The molecule has 260 valence electrons. The van der Waals surface area contributed by atoms with Crippen LogP contribution >= 0.6 is 15.9 Å². The maximum Gasteiger partial charge on any atom is 0.313 e. The van der Waals surface area contributed by atoms with Crippen LogP contribution in [0, 0.1) is 25.7 Å². The van der Waals surface area contributed by atoms with E-state index >= 15 is 4.79 Å². The summed E-state index contributed by atoms with van der Waals surface area (Å²) < 4.78 is 13.6. The number of esters is 1. The molecule has 0 radical (unpaired) electrons. The van der Waals surface area contributed by atoms with Crippen LogP contribution in [0.15, 0.2) is 71.2 Å². The molecule has 0 saturated carbocycles. The summed E-state index contributed by atoms with van der Waals surface area (Å²) in [6.45, 7) is 7.38. The SMILES string of the molecule is CC[C@@H](CO)N1C(=O)[C@H]2[C@@H]3C(=O)O[C@H](c4ccccc4)[C@@H](C)N(C)C(=O)CC/C=C\CN(c4cc(C)ccc4C)C(=O)[C@H]1[C@@]21C=C(Br)[C@@H]3O1. The standard InChI is InChI=1S/C38H44BrN3O7/c1-6-26(21-43)42-34-36(46)41(28-19-22(2)16-17-23(28)3)18-12-8-11-15-29(44)40(5)24(4)32(25-13-9-7-10-14-25)48-37(47)30-31(35(42)45)38(34)20-27(39)33(30)49-38/h7-10,12-14,16-17,19-20,24,26,30-34,43H,6,11,15,18,21H2,1-5H3/b12-8-/t24-,26+,30+,31-,32+,33+,34+,38-/m1/s1. The molecule has 6 rings (SSSR count). The lowest BCUT2D eigenvalue weighted by atomic mass is 9.74. The Bertz CT molecular complexity index is 1690. The molecule has 10 nitrogen and oxygen atoms in total. The van der Waals surface area contributed by atoms with E-state index in [1.807, 2.05) is 88.4 Å². The smallest absolute Gasteiger partial charge is 0.313 e. The number of allylic oxidation sites excluding steroid dienone is 1. The average Bonchev–Trinajstić information content (AvgIpc) is 3.69. The number of likely N-dealkylation sites (tertiary alicyclic amines) is 1. The minimum Gasteiger partial charge on any atom is -0.455 e. The fourth-order valence-electron chi connectivity index (χ4n) is 7.88. The highest BCUT2D eigenvalue weighted by atomic mass is 79.9. The predicted octanol–water partition coefficient (Wildman–Crippen LogP) is 4.76. The highest BCUT2D eigenvalue weighted by Gasteiger charge is 2.75. The van der Waals surface area contributed by atoms with Gasteiger partial charge in [-0.1, -0.05) is 77.5 Å². The van der Waals surface area contributed by atoms with Crippen molar-refractivity contribution in [2.45, 2.75) is 82.9 Å². The molecular formula is C38H44BrN3O7. The Morgan fingerprint density at radius 1 is 1.02 bits per heavy atom. The van der Waals surface area contributed by atoms with Gasteiger partial charge in [0.1, 0.15) is 29.8 Å². The normalized spacial score (nSPS) is 31.9. The number of rotatable bonds is 5. The van der Waals surface area contributed by atoms with Crippen molar-refractivity contribution in [3.05, 3.63) is 87.9 Å². The third-order valence-electron chi connectivity index (χ3n) is 10.7. The molecule has 0 aromatic heterocycles. The first-order chi connectivity index (χ1) is 23.4. The lowest BCUT2D eigenvalue weighted by molar-refractivity contribution is -0.164. The second-order valence-corrected chi connectivity index (χ2v) is 14.5. The van der Waals surface area contributed by atoms with Crippen molar-refractivity contribution in [1.82, 2.24) is 9.80 Å². The third kappa shape index (κ3) is 5.93. The number of nitrogens with zero attached hydrogens (tertiary/aromatic N) is 3. The van der Waals surface area contributed by atoms with Crippen LogP contribution in [-0.4, -0.2) is 88.6 Å². The number of carbonyl (C=O) groups excluding carboxylic acids is 4. The number of benzene rings is 2. The predicted molar refractivity (Wildman–Crippen MR) is 188 cm³/mol. The third-order valence-corrected chi connectivity index (χ3v) is 11.3. The Morgan fingerprint density at radius 2 is 1.76 bits per heavy atom. The molecule has 4 heterocycles. The Morgan fingerprint density at radius 3 is 2.45 bits per heavy atom. The van der Waals surface area contributed by atoms with Crippen molar-refractivity contribution in [2.24, 2.45) is 11.8 Å². The highest BCUT2D eigenvalue weighted by Crippen LogP contribution is 2.59. The van der Waals surface area contributed by atoms with Gasteiger partial charge in [0.2, 0.25) is 11.8 Å². The number of cyclic esters (lactones) is 1. The van der Waals surface area contributed by atoms with Crippen LogP contribution < -0.4 is 4.90 Å². The Hall–Kier alpha value is -3.80. The number of likely N-dealkylation sites (N-methyl/N-ethyl adjacent to an activating group) is 1. The second kappa shape index (κ2) is 13.8. The van der Waals surface area contributed by atoms with E-state index in [2.05, 4.69) is 15.9 Å². The number of aryl methyl sites for hydroxylation is 2. The number of amides is 3. The van der Waals surface area contributed by atoms with Crippen LogP contribution in [0.1, 0.15) is 55.9 Å². The van der Waals surface area contributed by atoms with E-state index in [4.69, 9.17) is 9.47 Å². The van der Waals surface area contributed by atoms with Crippen molar-refractivity contribution in [3.8, 4) is 0 Å². The molecule has 2 aromatic rings. The summed E-state index contributed by atoms with van der Waals surface area (Å²) in [5.41, 5.74) is 1.72. The number of carbonyl (C=O) groups is 4. The summed E-state index contributed by atoms with van der Waals surface area (Å²) in [4.78, 5) is 62.5. The number of fused-ring (bicyclic) bond motifs is 2. The van der Waals surface area contributed by atoms with E-state index in [1.165, 1.54) is 4.90 Å². The van der Waals surface area contributed by atoms with Crippen molar-refractivity contribution < 1.29 is 33.8 Å². The fraction of sp³-hybridized carbons (Fsp3) is 0.474. The van der Waals surface area contributed by atoms with Gasteiger partial charge in [-0.15, -0.1) is 0 Å². The summed E-state index contributed by atoms with van der Waals surface area (Å²) in [5.74, 6) is -3.74. The van der Waals surface area contributed by atoms with Crippen molar-refractivity contribution >= 4 is 45.3 Å². The topological polar surface area (TPSA) is 117 Å². The first-order valence-electron chi connectivity index (χ1n) is 17.0. The van der Waals surface area contributed by atoms with Crippen LogP contribution in [0.25, 0.3) is 0 Å². The summed E-state index contributed by atoms with van der Waals surface area (Å²) >= 11 is 3.62. The van der Waals surface area contributed by atoms with Gasteiger partial charge in [-0.3, -0.25) is 19.2 Å². The maximum atomic E-state index is 15.2. The fourth-order valence-corrected chi connectivity index (χ4v) is 8.62. The molecule has 1 spiro atoms. The molecule has 4 aliphatic rings. The van der Waals surface area contributed by atoms with Crippen molar-refractivity contribution in [1.29, 1.82) is 0 Å². The van der Waals surface area contributed by atoms with Crippen LogP contribution in [0.5, 0.6) is 0 Å². The molecule has 2 aromatic carbocycles. The zero-order valence-electron chi connectivity index (χ0n) is 28.5. The minimum atomic E-state index is -1.49. The first kappa shape index (κ1) is 35.0. The molecule has 2 saturated heterocycles. The largest absolute Gasteiger partial charge is 0.455 e. The van der Waals surface area contributed by atoms with Gasteiger partial charge in [-0.05, 0) is 62.4 Å². The van der Waals surface area contributed by atoms with Gasteiger partial charge in [0.25, 0.3) is 5.91 Å². The first-order valence-corrected chi connectivity index (χ1v) is 17.8. The van der Waals surface area contributed by atoms with Crippen molar-refractivity contribution in [2.75, 3.05) is 25.1 Å². The second-order valence-electron chi connectivity index (χ2n) is 13.6. The number of hydrogen-bond donors (Lipinski definition) is 1. The van der Waals surface area contributed by atoms with Gasteiger partial charge >= 0.3 is 5.97 Å². The summed E-state index contributed by atoms with van der Waals surface area (Å²) in [6.07, 6.45) is 4.89. The molecule has 49 heavy (non-hydrogen) atoms. The van der Waals surface area contributed by atoms with E-state index in [0.717, 1.165) is 11.1 Å². The molecule has 0 unspecified atom stereocenters. The number of ether oxygens (including phenoxy) is 2. The number of anilines is 1. The van der Waals surface area contributed by atoms with Gasteiger partial charge in [0.15, 0.2) is 0 Å². The Balaban J connectivity index is 1.52. The summed E-state index contributed by atoms with van der Waals surface area (Å²) in [6, 6.07) is 12.7. The average molecular weight is 735 g/mol. The van der Waals surface area contributed by atoms with Gasteiger partial charge in [0, 0.05) is 30.2 Å². The Labute approximate surface area is 295 Å². The van der Waals surface area contributed by atoms with Gasteiger partial charge in [0.05, 0.1) is 24.6 Å². The molecule has 3 amide bonds. The van der Waals surface area contributed by atoms with E-state index in [0.29, 0.717) is 28.6 Å². The quantitative estimate of drug-likeness (QED) is 0.348. The zero-order chi connectivity index (χ0) is 35.2. The van der Waals surface area contributed by atoms with Crippen LogP contribution in [0.3, 0.4) is 0 Å². The molecule has 2 fully saturated rings. The summed E-state index contributed by atoms with van der Waals surface area (Å²) in [7, 11) is 1.70. The lowest BCUT2D eigenvalue weighted by Gasteiger charge is -2.38. The van der Waals surface area contributed by atoms with Gasteiger partial charge in [-0.25, -0.2) is 0 Å². The maximum absolute atomic E-state index is 15.2. The molecule has 11 heteroatoms. The number of aliphatic hydroxyl groups excluding tert-OH is 1. The van der Waals surface area contributed by atoms with Crippen LogP contribution in [0.2, 0.25) is 0 Å². The van der Waals surface area contributed by atoms with Gasteiger partial charge < -0.3 is 29.3 Å². The number of aliphatic hydroxyl groups is 1. The number of halogens is 1. The highest BCUT2D eigenvalue weighted by molar-refractivity contribution is 9.11. The number of hydrogen-bond acceptors (Lipinski definition) is 7. The molecule has 0 aliphatic carbocycles. The van der Waals surface area contributed by atoms with Gasteiger partial charge in [-0.2, -0.15) is 0 Å². The lowest BCUT2D eigenvalue weighted by Crippen LogP contribution is -2.58. The molecular weight excluding hydrogens is 690 g/mol. The van der Waals surface area contributed by atoms with E-state index < -0.39 is 59.6 Å². The van der Waals surface area contributed by atoms with Crippen LogP contribution in [-0.2, 0) is 28.7 Å². The molecule has 5 bridgehead atoms. The van der Waals surface area contributed by atoms with Crippen molar-refractivity contribution in [3.63, 3.8) is 0 Å². The molecule has 4 aliphatic heterocycles. The molecule has 8 atom stereocenters. The van der Waals surface area contributed by atoms with E-state index in [9.17, 15) is 19.5 Å². The zero-order valence-corrected chi connectivity index (χ0v) is 30.1. The van der Waals surface area contributed by atoms with Crippen LogP contribution in [0.4, 0.5) is 5.69 Å². The van der Waals surface area contributed by atoms with E-state index in [-0.39, 0.29) is 31.4 Å². The monoisotopic (exact) mass is 733 g/mol. The molecule has 1 N–H and O–H groups in total. The Kier molecular flexibility index (Phi) is 9.90.